The Labute approximate surface area is 227 Å². The maximum absolute atomic E-state index is 11.9. The number of allylic oxidation sites excluding steroid dienone is 10. The molecular formula is C31H43NO4S. The predicted molar refractivity (Wildman–Crippen MR) is 157 cm³/mol. The highest BCUT2D eigenvalue weighted by Crippen LogP contribution is 2.16. The molecule has 1 rings (SSSR count). The van der Waals surface area contributed by atoms with Crippen LogP contribution in [0.1, 0.15) is 68.6 Å². The average molecular weight is 526 g/mol. The van der Waals surface area contributed by atoms with Crippen molar-refractivity contribution in [3.05, 3.63) is 90.6 Å². The van der Waals surface area contributed by atoms with Crippen LogP contribution in [-0.4, -0.2) is 41.6 Å². The van der Waals surface area contributed by atoms with Crippen LogP contribution in [0.25, 0.3) is 0 Å². The summed E-state index contributed by atoms with van der Waals surface area (Å²) in [5.74, 6) is 0.556. The highest BCUT2D eigenvalue weighted by atomic mass is 32.2. The summed E-state index contributed by atoms with van der Waals surface area (Å²) >= 11 is 1.61. The van der Waals surface area contributed by atoms with Gasteiger partial charge in [0.15, 0.2) is 0 Å². The van der Waals surface area contributed by atoms with Crippen molar-refractivity contribution < 1.29 is 19.4 Å². The zero-order valence-electron chi connectivity index (χ0n) is 22.1. The largest absolute Gasteiger partial charge is 0.507 e. The van der Waals surface area contributed by atoms with E-state index in [2.05, 4.69) is 73.0 Å². The molecular weight excluding hydrogens is 482 g/mol. The van der Waals surface area contributed by atoms with E-state index in [1.54, 1.807) is 23.9 Å². The van der Waals surface area contributed by atoms with Gasteiger partial charge >= 0.3 is 5.97 Å². The lowest BCUT2D eigenvalue weighted by Gasteiger charge is -2.07. The van der Waals surface area contributed by atoms with E-state index in [4.69, 9.17) is 4.74 Å². The number of hydrogen-bond donors (Lipinski definition) is 2. The molecule has 0 spiro atoms. The number of hydrogen-bond acceptors (Lipinski definition) is 5. The van der Waals surface area contributed by atoms with E-state index in [9.17, 15) is 14.7 Å². The minimum atomic E-state index is -0.603. The summed E-state index contributed by atoms with van der Waals surface area (Å²) in [5, 5.41) is 12.4. The van der Waals surface area contributed by atoms with E-state index in [-0.39, 0.29) is 30.4 Å². The van der Waals surface area contributed by atoms with Crippen LogP contribution in [0.2, 0.25) is 0 Å². The number of para-hydroxylation sites is 1. The summed E-state index contributed by atoms with van der Waals surface area (Å²) < 4.78 is 5.07. The van der Waals surface area contributed by atoms with Gasteiger partial charge < -0.3 is 15.2 Å². The zero-order valence-corrected chi connectivity index (χ0v) is 23.0. The number of benzene rings is 1. The molecule has 0 unspecified atom stereocenters. The van der Waals surface area contributed by atoms with Crippen LogP contribution in [0.4, 0.5) is 0 Å². The maximum Gasteiger partial charge on any atom is 0.341 e. The first-order valence-electron chi connectivity index (χ1n) is 13.2. The summed E-state index contributed by atoms with van der Waals surface area (Å²) in [5.41, 5.74) is 0.119. The molecule has 0 saturated carbocycles. The number of ether oxygens (including phenoxy) is 1. The van der Waals surface area contributed by atoms with Crippen molar-refractivity contribution >= 4 is 23.6 Å². The Morgan fingerprint density at radius 1 is 0.865 bits per heavy atom. The molecule has 6 heteroatoms. The van der Waals surface area contributed by atoms with Gasteiger partial charge in [-0.1, -0.05) is 79.8 Å². The van der Waals surface area contributed by atoms with Crippen molar-refractivity contribution in [3.8, 4) is 5.75 Å². The standard InChI is InChI=1S/C31H43NO4S/c1-2-3-4-5-6-7-8-9-10-11-12-13-14-15-16-17-18-21-26-37-27-30(34)32-24-25-36-31(35)28-22-19-20-23-29(28)33/h3-4,6-7,9-10,12-13,15-16,19-20,22-23,33H,2,5,8,11,14,17-18,21,24-27H2,1H3,(H,32,34)/b4-3-,7-6-,10-9-,13-12-,16-15-. The van der Waals surface area contributed by atoms with Crippen molar-refractivity contribution in [1.29, 1.82) is 0 Å². The third-order valence-electron chi connectivity index (χ3n) is 5.08. The minimum absolute atomic E-state index is 0.0663. The second kappa shape index (κ2) is 23.4. The molecule has 0 radical (unpaired) electrons. The number of aromatic hydroxyl groups is 1. The Bertz CT molecular complexity index is 902. The van der Waals surface area contributed by atoms with Gasteiger partial charge in [0.05, 0.1) is 12.3 Å². The Kier molecular flexibility index (Phi) is 20.3. The monoisotopic (exact) mass is 525 g/mol. The molecule has 5 nitrogen and oxygen atoms in total. The first-order valence-corrected chi connectivity index (χ1v) is 14.3. The van der Waals surface area contributed by atoms with Crippen LogP contribution in [0.5, 0.6) is 5.75 Å². The van der Waals surface area contributed by atoms with E-state index < -0.39 is 5.97 Å². The van der Waals surface area contributed by atoms with Gasteiger partial charge in [-0.3, -0.25) is 4.79 Å². The van der Waals surface area contributed by atoms with Crippen molar-refractivity contribution in [2.75, 3.05) is 24.7 Å². The second-order valence-electron chi connectivity index (χ2n) is 8.26. The minimum Gasteiger partial charge on any atom is -0.507 e. The predicted octanol–water partition coefficient (Wildman–Crippen LogP) is 7.32. The van der Waals surface area contributed by atoms with E-state index in [0.29, 0.717) is 5.75 Å². The summed E-state index contributed by atoms with van der Waals surface area (Å²) in [7, 11) is 0. The molecule has 0 atom stereocenters. The molecule has 37 heavy (non-hydrogen) atoms. The van der Waals surface area contributed by atoms with E-state index in [0.717, 1.165) is 57.1 Å². The summed E-state index contributed by atoms with van der Waals surface area (Å²) in [4.78, 5) is 23.7. The average Bonchev–Trinajstić information content (AvgIpc) is 2.90. The van der Waals surface area contributed by atoms with Crippen LogP contribution >= 0.6 is 11.8 Å². The molecule has 202 valence electrons. The highest BCUT2D eigenvalue weighted by molar-refractivity contribution is 7.99. The molecule has 0 heterocycles. The Balaban J connectivity index is 1.91. The fraction of sp³-hybridized carbons (Fsp3) is 0.419. The van der Waals surface area contributed by atoms with Gasteiger partial charge in [0, 0.05) is 0 Å². The van der Waals surface area contributed by atoms with Crippen LogP contribution in [0.3, 0.4) is 0 Å². The third kappa shape index (κ3) is 18.9. The smallest absolute Gasteiger partial charge is 0.341 e. The number of nitrogens with one attached hydrogen (secondary N) is 1. The molecule has 0 aliphatic rings. The van der Waals surface area contributed by atoms with Crippen molar-refractivity contribution in [2.45, 2.75) is 58.3 Å². The van der Waals surface area contributed by atoms with Crippen LogP contribution in [0, 0.1) is 0 Å². The topological polar surface area (TPSA) is 75.6 Å². The van der Waals surface area contributed by atoms with E-state index in [1.807, 2.05) is 0 Å². The molecule has 1 aromatic carbocycles. The van der Waals surface area contributed by atoms with Gasteiger partial charge in [-0.2, -0.15) is 11.8 Å². The SMILES string of the molecule is CC/C=C\C/C=C\C/C=C\C/C=C\C/C=C\CCCCSCC(=O)NCCOC(=O)c1ccccc1O. The van der Waals surface area contributed by atoms with Crippen molar-refractivity contribution in [3.63, 3.8) is 0 Å². The van der Waals surface area contributed by atoms with Crippen LogP contribution in [-0.2, 0) is 9.53 Å². The lowest BCUT2D eigenvalue weighted by Crippen LogP contribution is -2.29. The fourth-order valence-electron chi connectivity index (χ4n) is 3.11. The number of thioether (sulfide) groups is 1. The van der Waals surface area contributed by atoms with E-state index >= 15 is 0 Å². The number of esters is 1. The fourth-order valence-corrected chi connectivity index (χ4v) is 3.95. The molecule has 2 N–H and O–H groups in total. The number of carbonyl (C=O) groups excluding carboxylic acids is 2. The van der Waals surface area contributed by atoms with Gasteiger partial charge in [0.2, 0.25) is 5.91 Å². The number of unbranched alkanes of at least 4 members (excludes halogenated alkanes) is 2. The first-order chi connectivity index (χ1) is 18.1. The molecule has 0 aliphatic heterocycles. The number of amides is 1. The summed E-state index contributed by atoms with van der Waals surface area (Å²) in [6.45, 7) is 2.47. The lowest BCUT2D eigenvalue weighted by molar-refractivity contribution is -0.118. The van der Waals surface area contributed by atoms with Gasteiger partial charge in [-0.25, -0.2) is 4.79 Å². The molecule has 0 saturated heterocycles. The number of rotatable bonds is 20. The Hall–Kier alpha value is -2.99. The first kappa shape index (κ1) is 32.0. The number of phenolic OH excluding ortho intramolecular Hbond substituents is 1. The van der Waals surface area contributed by atoms with Gasteiger partial charge in [0.1, 0.15) is 17.9 Å². The molecule has 0 aromatic heterocycles. The van der Waals surface area contributed by atoms with Crippen molar-refractivity contribution in [2.24, 2.45) is 0 Å². The normalized spacial score (nSPS) is 12.0. The van der Waals surface area contributed by atoms with Crippen LogP contribution in [0.15, 0.2) is 85.0 Å². The number of carbonyl (C=O) groups is 2. The van der Waals surface area contributed by atoms with Crippen LogP contribution < -0.4 is 5.32 Å². The van der Waals surface area contributed by atoms with Gasteiger partial charge in [0.25, 0.3) is 0 Å². The van der Waals surface area contributed by atoms with Gasteiger partial charge in [-0.05, 0) is 69.3 Å². The Morgan fingerprint density at radius 3 is 2.08 bits per heavy atom. The summed E-state index contributed by atoms with van der Waals surface area (Å²) in [6.07, 6.45) is 30.4. The lowest BCUT2D eigenvalue weighted by atomic mass is 10.2. The quantitative estimate of drug-likeness (QED) is 0.106. The molecule has 1 aromatic rings. The van der Waals surface area contributed by atoms with Crippen molar-refractivity contribution in [1.82, 2.24) is 5.32 Å². The highest BCUT2D eigenvalue weighted by Gasteiger charge is 2.11. The molecule has 1 amide bonds. The zero-order chi connectivity index (χ0) is 26.8. The number of phenols is 1. The molecule has 0 fully saturated rings. The van der Waals surface area contributed by atoms with Gasteiger partial charge in [-0.15, -0.1) is 0 Å². The molecule has 0 bridgehead atoms. The second-order valence-corrected chi connectivity index (χ2v) is 9.36. The summed E-state index contributed by atoms with van der Waals surface area (Å²) in [6, 6.07) is 6.21. The van der Waals surface area contributed by atoms with E-state index in [1.165, 1.54) is 12.1 Å². The third-order valence-corrected chi connectivity index (χ3v) is 6.13. The maximum atomic E-state index is 11.9. The Morgan fingerprint density at radius 2 is 1.46 bits per heavy atom. The molecule has 0 aliphatic carbocycles.